The second-order valence-corrected chi connectivity index (χ2v) is 5.21. The maximum atomic E-state index is 12.0. The molecule has 0 spiro atoms. The number of anilines is 1. The summed E-state index contributed by atoms with van der Waals surface area (Å²) in [5.74, 6) is 0.312. The molecular weight excluding hydrogens is 252 g/mol. The van der Waals surface area contributed by atoms with Crippen LogP contribution in [0.25, 0.3) is 5.69 Å². The predicted octanol–water partition coefficient (Wildman–Crippen LogP) is 2.25. The molecule has 0 bridgehead atoms. The van der Waals surface area contributed by atoms with E-state index in [2.05, 4.69) is 0 Å². The lowest BCUT2D eigenvalue weighted by Crippen LogP contribution is -2.27. The Morgan fingerprint density at radius 3 is 2.70 bits per heavy atom. The van der Waals surface area contributed by atoms with Crippen LogP contribution in [0.1, 0.15) is 34.5 Å². The molecule has 3 rings (SSSR count). The number of ketones is 1. The van der Waals surface area contributed by atoms with Gasteiger partial charge in [-0.05, 0) is 37.5 Å². The molecule has 2 N–H and O–H groups in total. The van der Waals surface area contributed by atoms with Crippen LogP contribution in [0.3, 0.4) is 0 Å². The first-order chi connectivity index (χ1) is 9.58. The molecule has 4 heteroatoms. The first-order valence-electron chi connectivity index (χ1n) is 6.72. The van der Waals surface area contributed by atoms with Gasteiger partial charge >= 0.3 is 0 Å². The number of carbonyl (C=O) groups is 1. The average molecular weight is 268 g/mol. The lowest BCUT2D eigenvalue weighted by molar-refractivity contribution is 0.0970. The topological polar surface area (TPSA) is 65.1 Å². The third-order valence-electron chi connectivity index (χ3n) is 3.70. The summed E-state index contributed by atoms with van der Waals surface area (Å²) in [6, 6.07) is 9.23. The minimum Gasteiger partial charge on any atom is -0.385 e. The van der Waals surface area contributed by atoms with Crippen molar-refractivity contribution in [3.8, 4) is 5.69 Å². The number of aryl methyl sites for hydroxylation is 1. The van der Waals surface area contributed by atoms with Crippen LogP contribution in [0, 0.1) is 6.92 Å². The Labute approximate surface area is 116 Å². The maximum absolute atomic E-state index is 12.0. The van der Waals surface area contributed by atoms with Crippen LogP contribution >= 0.6 is 0 Å². The molecule has 0 saturated heterocycles. The van der Waals surface area contributed by atoms with Crippen LogP contribution in [0.15, 0.2) is 35.1 Å². The van der Waals surface area contributed by atoms with Crippen molar-refractivity contribution >= 4 is 11.6 Å². The van der Waals surface area contributed by atoms with Crippen molar-refractivity contribution in [3.63, 3.8) is 0 Å². The lowest BCUT2D eigenvalue weighted by atomic mass is 9.93. The van der Waals surface area contributed by atoms with Crippen LogP contribution < -0.4 is 11.2 Å². The zero-order valence-electron chi connectivity index (χ0n) is 11.3. The first-order valence-corrected chi connectivity index (χ1v) is 6.72. The Bertz CT molecular complexity index is 760. The van der Waals surface area contributed by atoms with Gasteiger partial charge in [-0.3, -0.25) is 14.2 Å². The fourth-order valence-electron chi connectivity index (χ4n) is 2.83. The van der Waals surface area contributed by atoms with Crippen molar-refractivity contribution in [2.24, 2.45) is 0 Å². The molecule has 0 saturated carbocycles. The Balaban J connectivity index is 2.34. The third kappa shape index (κ3) is 1.93. The number of rotatable bonds is 1. The summed E-state index contributed by atoms with van der Waals surface area (Å²) in [4.78, 5) is 24.0. The zero-order chi connectivity index (χ0) is 14.3. The summed E-state index contributed by atoms with van der Waals surface area (Å²) >= 11 is 0. The van der Waals surface area contributed by atoms with Crippen LogP contribution in [-0.4, -0.2) is 10.4 Å². The van der Waals surface area contributed by atoms with Gasteiger partial charge in [0.2, 0.25) is 0 Å². The molecule has 0 radical (unpaired) electrons. The first kappa shape index (κ1) is 12.7. The highest BCUT2D eigenvalue weighted by Crippen LogP contribution is 2.25. The minimum atomic E-state index is -0.258. The standard InChI is InChI=1S/C16H16N2O2/c1-10-4-2-5-11(8-10)18-12-6-3-7-13(19)16(12)14(20)9-15(18)17/h2,4-5,8-9H,3,6-7,17H2,1H3. The van der Waals surface area contributed by atoms with Crippen LogP contribution in [0.5, 0.6) is 0 Å². The van der Waals surface area contributed by atoms with Gasteiger partial charge in [0.25, 0.3) is 0 Å². The second kappa shape index (κ2) is 4.63. The molecule has 0 aliphatic heterocycles. The van der Waals surface area contributed by atoms with Gasteiger partial charge in [0.1, 0.15) is 5.82 Å². The normalized spacial score (nSPS) is 14.2. The Hall–Kier alpha value is -2.36. The molecule has 1 aliphatic rings. The van der Waals surface area contributed by atoms with Gasteiger partial charge in [0.15, 0.2) is 11.2 Å². The van der Waals surface area contributed by atoms with Gasteiger partial charge in [0, 0.05) is 23.9 Å². The second-order valence-electron chi connectivity index (χ2n) is 5.21. The number of nitrogens with two attached hydrogens (primary N) is 1. The van der Waals surface area contributed by atoms with Crippen molar-refractivity contribution < 1.29 is 4.79 Å². The number of benzene rings is 1. The highest BCUT2D eigenvalue weighted by molar-refractivity contribution is 5.98. The van der Waals surface area contributed by atoms with Crippen molar-refractivity contribution in [2.75, 3.05) is 5.73 Å². The van der Waals surface area contributed by atoms with E-state index in [1.807, 2.05) is 35.8 Å². The number of aromatic nitrogens is 1. The van der Waals surface area contributed by atoms with Gasteiger partial charge in [0.05, 0.1) is 5.56 Å². The highest BCUT2D eigenvalue weighted by Gasteiger charge is 2.24. The average Bonchev–Trinajstić information content (AvgIpc) is 2.38. The third-order valence-corrected chi connectivity index (χ3v) is 3.70. The van der Waals surface area contributed by atoms with E-state index in [9.17, 15) is 9.59 Å². The number of pyridine rings is 1. The molecule has 0 fully saturated rings. The number of hydrogen-bond donors (Lipinski definition) is 1. The zero-order valence-corrected chi connectivity index (χ0v) is 11.3. The summed E-state index contributed by atoms with van der Waals surface area (Å²) < 4.78 is 1.83. The predicted molar refractivity (Wildman–Crippen MR) is 78.5 cm³/mol. The van der Waals surface area contributed by atoms with E-state index in [1.165, 1.54) is 6.07 Å². The lowest BCUT2D eigenvalue weighted by Gasteiger charge is -2.22. The van der Waals surface area contributed by atoms with Gasteiger partial charge in [-0.15, -0.1) is 0 Å². The van der Waals surface area contributed by atoms with Crippen molar-refractivity contribution in [2.45, 2.75) is 26.2 Å². The molecule has 1 heterocycles. The van der Waals surface area contributed by atoms with Crippen molar-refractivity contribution in [3.05, 3.63) is 57.4 Å². The molecule has 0 amide bonds. The van der Waals surface area contributed by atoms with Gasteiger partial charge in [-0.1, -0.05) is 12.1 Å². The molecule has 0 unspecified atom stereocenters. The largest absolute Gasteiger partial charge is 0.385 e. The van der Waals surface area contributed by atoms with E-state index < -0.39 is 0 Å². The van der Waals surface area contributed by atoms with Crippen LogP contribution in [-0.2, 0) is 6.42 Å². The summed E-state index contributed by atoms with van der Waals surface area (Å²) in [5.41, 5.74) is 8.83. The number of Topliss-reactive ketones (excluding diaryl/α,β-unsaturated/α-hetero) is 1. The number of fused-ring (bicyclic) bond motifs is 1. The molecule has 20 heavy (non-hydrogen) atoms. The van der Waals surface area contributed by atoms with E-state index in [0.29, 0.717) is 24.2 Å². The number of carbonyl (C=O) groups excluding carboxylic acids is 1. The minimum absolute atomic E-state index is 0.0716. The SMILES string of the molecule is Cc1cccc(-n2c(N)cc(=O)c3c2CCCC3=O)c1. The molecule has 1 aromatic carbocycles. The number of nitrogen functional groups attached to an aromatic ring is 1. The summed E-state index contributed by atoms with van der Waals surface area (Å²) in [7, 11) is 0. The molecule has 2 aromatic rings. The fourth-order valence-corrected chi connectivity index (χ4v) is 2.83. The van der Waals surface area contributed by atoms with Crippen molar-refractivity contribution in [1.82, 2.24) is 4.57 Å². The smallest absolute Gasteiger partial charge is 0.194 e. The molecule has 1 aromatic heterocycles. The van der Waals surface area contributed by atoms with Gasteiger partial charge in [-0.2, -0.15) is 0 Å². The number of nitrogens with zero attached hydrogens (tertiary/aromatic N) is 1. The highest BCUT2D eigenvalue weighted by atomic mass is 16.1. The molecule has 102 valence electrons. The molecule has 1 aliphatic carbocycles. The maximum Gasteiger partial charge on any atom is 0.194 e. The molecule has 4 nitrogen and oxygen atoms in total. The molecular formula is C16H16N2O2. The summed E-state index contributed by atoms with van der Waals surface area (Å²) in [6.45, 7) is 2.00. The number of hydrogen-bond acceptors (Lipinski definition) is 3. The van der Waals surface area contributed by atoms with Crippen molar-refractivity contribution in [1.29, 1.82) is 0 Å². The van der Waals surface area contributed by atoms with Gasteiger partial charge in [-0.25, -0.2) is 0 Å². The summed E-state index contributed by atoms with van der Waals surface area (Å²) in [6.07, 6.45) is 1.91. The van der Waals surface area contributed by atoms with E-state index in [0.717, 1.165) is 23.4 Å². The monoisotopic (exact) mass is 268 g/mol. The Kier molecular flexibility index (Phi) is 2.93. The van der Waals surface area contributed by atoms with E-state index in [1.54, 1.807) is 0 Å². The quantitative estimate of drug-likeness (QED) is 0.862. The van der Waals surface area contributed by atoms with E-state index in [-0.39, 0.29) is 11.2 Å². The van der Waals surface area contributed by atoms with Crippen LogP contribution in [0.4, 0.5) is 5.82 Å². The summed E-state index contributed by atoms with van der Waals surface area (Å²) in [5, 5.41) is 0. The van der Waals surface area contributed by atoms with E-state index >= 15 is 0 Å². The fraction of sp³-hybridized carbons (Fsp3) is 0.250. The van der Waals surface area contributed by atoms with E-state index in [4.69, 9.17) is 5.73 Å². The molecule has 0 atom stereocenters. The Morgan fingerprint density at radius 1 is 1.15 bits per heavy atom. The Morgan fingerprint density at radius 2 is 1.95 bits per heavy atom. The van der Waals surface area contributed by atoms with Crippen LogP contribution in [0.2, 0.25) is 0 Å². The van der Waals surface area contributed by atoms with Gasteiger partial charge < -0.3 is 5.73 Å².